The molecule has 1 heterocycles. The van der Waals surface area contributed by atoms with Crippen molar-refractivity contribution in [2.75, 3.05) is 0 Å². The molecular formula is C17H13BrN2O3. The number of benzene rings is 2. The Morgan fingerprint density at radius 1 is 1.13 bits per heavy atom. The molecule has 0 unspecified atom stereocenters. The zero-order valence-corrected chi connectivity index (χ0v) is 13.9. The molecule has 0 N–H and O–H groups in total. The molecule has 0 radical (unpaired) electrons. The fraction of sp³-hybridized carbons (Fsp3) is 0.118. The van der Waals surface area contributed by atoms with Crippen molar-refractivity contribution in [3.8, 4) is 0 Å². The van der Waals surface area contributed by atoms with E-state index in [-0.39, 0.29) is 11.7 Å². The minimum Gasteiger partial charge on any atom is -0.292 e. The summed E-state index contributed by atoms with van der Waals surface area (Å²) in [4.78, 5) is 33.4. The van der Waals surface area contributed by atoms with Crippen LogP contribution in [0.2, 0.25) is 0 Å². The van der Waals surface area contributed by atoms with Gasteiger partial charge in [-0.15, -0.1) is 0 Å². The lowest BCUT2D eigenvalue weighted by Gasteiger charge is -2.11. The van der Waals surface area contributed by atoms with Crippen LogP contribution in [0.15, 0.2) is 57.8 Å². The van der Waals surface area contributed by atoms with Crippen LogP contribution in [-0.4, -0.2) is 15.7 Å². The fourth-order valence-corrected chi connectivity index (χ4v) is 2.62. The number of hydrogen-bond acceptors (Lipinski definition) is 4. The van der Waals surface area contributed by atoms with Crippen molar-refractivity contribution < 1.29 is 9.59 Å². The van der Waals surface area contributed by atoms with E-state index in [1.807, 2.05) is 55.5 Å². The lowest BCUT2D eigenvalue weighted by molar-refractivity contribution is -0.191. The molecule has 0 aliphatic carbocycles. The Morgan fingerprint density at radius 3 is 2.43 bits per heavy atom. The van der Waals surface area contributed by atoms with E-state index in [9.17, 15) is 4.79 Å². The molecule has 2 aromatic carbocycles. The first-order chi connectivity index (χ1) is 11.1. The maximum Gasteiger partial charge on any atom is 0.373 e. The Labute approximate surface area is 140 Å². The van der Waals surface area contributed by atoms with Crippen LogP contribution < -0.4 is 5.56 Å². The standard InChI is InChI=1S/C16H13BrN2O.CO2/c1-11-18-15-8-7-13(17)9-14(15)16(20)19(11)10-12-5-3-2-4-6-12;2-1-3/h2-9H,10H2,1H3;. The Hall–Kier alpha value is -2.56. The first-order valence-corrected chi connectivity index (χ1v) is 7.56. The van der Waals surface area contributed by atoms with E-state index in [0.29, 0.717) is 11.9 Å². The van der Waals surface area contributed by atoms with E-state index >= 15 is 0 Å². The Bertz CT molecular complexity index is 914. The summed E-state index contributed by atoms with van der Waals surface area (Å²) < 4.78 is 2.60. The highest BCUT2D eigenvalue weighted by Crippen LogP contribution is 2.16. The van der Waals surface area contributed by atoms with Gasteiger partial charge in [0.15, 0.2) is 0 Å². The summed E-state index contributed by atoms with van der Waals surface area (Å²) in [6, 6.07) is 15.5. The van der Waals surface area contributed by atoms with Crippen molar-refractivity contribution in [2.45, 2.75) is 13.5 Å². The molecular weight excluding hydrogens is 360 g/mol. The second-order valence-electron chi connectivity index (χ2n) is 4.78. The molecule has 0 fully saturated rings. The molecule has 0 bridgehead atoms. The number of carbonyl (C=O) groups excluding carboxylic acids is 2. The Kier molecular flexibility index (Phi) is 5.57. The van der Waals surface area contributed by atoms with Gasteiger partial charge in [0, 0.05) is 4.47 Å². The number of aromatic nitrogens is 2. The molecule has 1 aromatic heterocycles. The second kappa shape index (κ2) is 7.63. The van der Waals surface area contributed by atoms with Gasteiger partial charge in [-0.1, -0.05) is 46.3 Å². The summed E-state index contributed by atoms with van der Waals surface area (Å²) in [5, 5.41) is 0.640. The first-order valence-electron chi connectivity index (χ1n) is 6.76. The summed E-state index contributed by atoms with van der Waals surface area (Å²) in [6.45, 7) is 2.41. The topological polar surface area (TPSA) is 69.0 Å². The third kappa shape index (κ3) is 4.00. The SMILES string of the molecule is Cc1nc2ccc(Br)cc2c(=O)n1Cc1ccccc1.O=C=O. The molecule has 0 saturated heterocycles. The molecule has 0 aliphatic rings. The highest BCUT2D eigenvalue weighted by atomic mass is 79.9. The third-order valence-electron chi connectivity index (χ3n) is 3.29. The molecule has 3 rings (SSSR count). The van der Waals surface area contributed by atoms with Crippen molar-refractivity contribution in [3.63, 3.8) is 0 Å². The monoisotopic (exact) mass is 372 g/mol. The average molecular weight is 373 g/mol. The van der Waals surface area contributed by atoms with Crippen LogP contribution in [0.5, 0.6) is 0 Å². The van der Waals surface area contributed by atoms with Crippen LogP contribution in [-0.2, 0) is 16.1 Å². The van der Waals surface area contributed by atoms with Gasteiger partial charge >= 0.3 is 6.15 Å². The van der Waals surface area contributed by atoms with Gasteiger partial charge in [0.05, 0.1) is 17.4 Å². The zero-order chi connectivity index (χ0) is 16.8. The lowest BCUT2D eigenvalue weighted by atomic mass is 10.2. The average Bonchev–Trinajstić information content (AvgIpc) is 2.54. The van der Waals surface area contributed by atoms with Crippen LogP contribution in [0.25, 0.3) is 10.9 Å². The molecule has 0 atom stereocenters. The van der Waals surface area contributed by atoms with Gasteiger partial charge in [-0.05, 0) is 30.7 Å². The molecule has 0 saturated carbocycles. The molecule has 0 amide bonds. The van der Waals surface area contributed by atoms with Crippen LogP contribution in [0.4, 0.5) is 0 Å². The van der Waals surface area contributed by atoms with Crippen molar-refractivity contribution >= 4 is 33.0 Å². The summed E-state index contributed by atoms with van der Waals surface area (Å²) in [6.07, 6.45) is 0.250. The molecule has 3 aromatic rings. The van der Waals surface area contributed by atoms with Gasteiger partial charge in [0.1, 0.15) is 5.82 Å². The van der Waals surface area contributed by atoms with Crippen molar-refractivity contribution in [1.29, 1.82) is 0 Å². The van der Waals surface area contributed by atoms with Crippen molar-refractivity contribution in [2.24, 2.45) is 0 Å². The third-order valence-corrected chi connectivity index (χ3v) is 3.78. The first kappa shape index (κ1) is 16.8. The van der Waals surface area contributed by atoms with Crippen LogP contribution >= 0.6 is 15.9 Å². The molecule has 5 nitrogen and oxygen atoms in total. The number of nitrogens with zero attached hydrogens (tertiary/aromatic N) is 2. The van der Waals surface area contributed by atoms with E-state index in [0.717, 1.165) is 21.4 Å². The Morgan fingerprint density at radius 2 is 1.78 bits per heavy atom. The highest BCUT2D eigenvalue weighted by Gasteiger charge is 2.08. The fourth-order valence-electron chi connectivity index (χ4n) is 2.26. The van der Waals surface area contributed by atoms with E-state index in [4.69, 9.17) is 9.59 Å². The predicted molar refractivity (Wildman–Crippen MR) is 89.0 cm³/mol. The maximum absolute atomic E-state index is 12.6. The minimum atomic E-state index is -0.00217. The quantitative estimate of drug-likeness (QED) is 0.693. The normalized spacial score (nSPS) is 9.83. The van der Waals surface area contributed by atoms with E-state index in [1.165, 1.54) is 0 Å². The zero-order valence-electron chi connectivity index (χ0n) is 12.3. The molecule has 23 heavy (non-hydrogen) atoms. The summed E-state index contributed by atoms with van der Waals surface area (Å²) in [5.41, 5.74) is 1.83. The minimum absolute atomic E-state index is 0.00217. The highest BCUT2D eigenvalue weighted by molar-refractivity contribution is 9.10. The summed E-state index contributed by atoms with van der Waals surface area (Å²) in [5.74, 6) is 0.730. The molecule has 0 spiro atoms. The maximum atomic E-state index is 12.6. The number of hydrogen-bond donors (Lipinski definition) is 0. The smallest absolute Gasteiger partial charge is 0.292 e. The van der Waals surface area contributed by atoms with Crippen LogP contribution in [0.1, 0.15) is 11.4 Å². The number of fused-ring (bicyclic) bond motifs is 1. The van der Waals surface area contributed by atoms with E-state index < -0.39 is 0 Å². The molecule has 6 heteroatoms. The predicted octanol–water partition coefficient (Wildman–Crippen LogP) is 2.93. The van der Waals surface area contributed by atoms with Crippen molar-refractivity contribution in [3.05, 3.63) is 74.7 Å². The van der Waals surface area contributed by atoms with E-state index in [2.05, 4.69) is 20.9 Å². The number of rotatable bonds is 2. The van der Waals surface area contributed by atoms with Crippen LogP contribution in [0, 0.1) is 6.92 Å². The number of halogens is 1. The van der Waals surface area contributed by atoms with Crippen molar-refractivity contribution in [1.82, 2.24) is 9.55 Å². The Balaban J connectivity index is 0.000000595. The van der Waals surface area contributed by atoms with Crippen LogP contribution in [0.3, 0.4) is 0 Å². The van der Waals surface area contributed by atoms with Gasteiger partial charge in [0.25, 0.3) is 5.56 Å². The number of aryl methyl sites for hydroxylation is 1. The molecule has 0 aliphatic heterocycles. The van der Waals surface area contributed by atoms with Gasteiger partial charge in [-0.3, -0.25) is 9.36 Å². The summed E-state index contributed by atoms with van der Waals surface area (Å²) >= 11 is 3.40. The van der Waals surface area contributed by atoms with E-state index in [1.54, 1.807) is 4.57 Å². The van der Waals surface area contributed by atoms with Gasteiger partial charge in [-0.25, -0.2) is 4.98 Å². The largest absolute Gasteiger partial charge is 0.373 e. The molecule has 116 valence electrons. The van der Waals surface area contributed by atoms with Gasteiger partial charge in [0.2, 0.25) is 0 Å². The van der Waals surface area contributed by atoms with Gasteiger partial charge < -0.3 is 0 Å². The second-order valence-corrected chi connectivity index (χ2v) is 5.70. The lowest BCUT2D eigenvalue weighted by Crippen LogP contribution is -2.24. The van der Waals surface area contributed by atoms with Gasteiger partial charge in [-0.2, -0.15) is 9.59 Å². The summed E-state index contributed by atoms with van der Waals surface area (Å²) in [7, 11) is 0.